The molecule has 11 heteroatoms. The maximum absolute atomic E-state index is 12.6. The normalized spacial score (nSPS) is 15.4. The minimum absolute atomic E-state index is 0.121. The minimum Gasteiger partial charge on any atom is -0.486 e. The van der Waals surface area contributed by atoms with Gasteiger partial charge in [0.05, 0.1) is 20.8 Å². The van der Waals surface area contributed by atoms with Crippen molar-refractivity contribution in [3.8, 4) is 22.2 Å². The summed E-state index contributed by atoms with van der Waals surface area (Å²) in [6, 6.07) is 8.26. The first-order chi connectivity index (χ1) is 15.2. The van der Waals surface area contributed by atoms with Gasteiger partial charge in [-0.2, -0.15) is 0 Å². The highest BCUT2D eigenvalue weighted by Gasteiger charge is 2.30. The van der Waals surface area contributed by atoms with Gasteiger partial charge in [0.25, 0.3) is 0 Å². The summed E-state index contributed by atoms with van der Waals surface area (Å²) < 4.78 is 14.3. The van der Waals surface area contributed by atoms with Crippen LogP contribution in [0.25, 0.3) is 20.9 Å². The molecule has 0 bridgehead atoms. The molecule has 2 aliphatic rings. The number of fused-ring (bicyclic) bond motifs is 2. The molecule has 8 nitrogen and oxygen atoms in total. The molecule has 1 N–H and O–H groups in total. The molecule has 6 rings (SSSR count). The fourth-order valence-electron chi connectivity index (χ4n) is 3.41. The number of thioether (sulfide) groups is 1. The largest absolute Gasteiger partial charge is 0.486 e. The Balaban J connectivity index is 1.16. The molecule has 158 valence electrons. The number of thiazole rings is 1. The van der Waals surface area contributed by atoms with Crippen molar-refractivity contribution in [1.82, 2.24) is 19.7 Å². The second kappa shape index (κ2) is 7.81. The second-order valence-corrected chi connectivity index (χ2v) is 10.1. The average Bonchev–Trinajstić information content (AvgIpc) is 3.16. The predicted molar refractivity (Wildman–Crippen MR) is 122 cm³/mol. The number of carbonyl (C=O) groups excluding carboxylic acids is 1. The van der Waals surface area contributed by atoms with Gasteiger partial charge in [0.1, 0.15) is 13.2 Å². The van der Waals surface area contributed by atoms with Gasteiger partial charge in [-0.25, -0.2) is 4.98 Å². The van der Waals surface area contributed by atoms with Crippen molar-refractivity contribution in [1.29, 1.82) is 0 Å². The molecule has 1 saturated carbocycles. The molecule has 1 aliphatic heterocycles. The summed E-state index contributed by atoms with van der Waals surface area (Å²) in [5, 5.41) is 15.0. The Hall–Kier alpha value is -2.63. The summed E-state index contributed by atoms with van der Waals surface area (Å²) in [5.41, 5.74) is 0.784. The van der Waals surface area contributed by atoms with Gasteiger partial charge in [-0.15, -0.1) is 21.5 Å². The number of ether oxygens (including phenoxy) is 2. The highest BCUT2D eigenvalue weighted by Crippen LogP contribution is 2.42. The Morgan fingerprint density at radius 1 is 1.23 bits per heavy atom. The number of aromatic nitrogens is 4. The monoisotopic (exact) mass is 471 g/mol. The van der Waals surface area contributed by atoms with Crippen molar-refractivity contribution in [2.24, 2.45) is 0 Å². The Kier molecular flexibility index (Phi) is 4.81. The fourth-order valence-corrected chi connectivity index (χ4v) is 5.82. The lowest BCUT2D eigenvalue weighted by Crippen LogP contribution is -2.15. The number of hydrogen-bond acceptors (Lipinski definition) is 9. The molecule has 0 spiro atoms. The van der Waals surface area contributed by atoms with Gasteiger partial charge in [0.15, 0.2) is 27.6 Å². The number of amides is 1. The molecule has 1 aliphatic carbocycles. The first kappa shape index (κ1) is 19.1. The number of benzene rings is 1. The Labute approximate surface area is 189 Å². The zero-order valence-electron chi connectivity index (χ0n) is 16.2. The summed E-state index contributed by atoms with van der Waals surface area (Å²) in [6.07, 6.45) is 2.25. The van der Waals surface area contributed by atoms with Crippen molar-refractivity contribution in [3.63, 3.8) is 0 Å². The molecular formula is C20H17N5O3S3. The third kappa shape index (κ3) is 3.77. The van der Waals surface area contributed by atoms with Crippen LogP contribution < -0.4 is 14.8 Å². The van der Waals surface area contributed by atoms with Gasteiger partial charge < -0.3 is 14.8 Å². The average molecular weight is 472 g/mol. The number of hydrogen-bond donors (Lipinski definition) is 1. The van der Waals surface area contributed by atoms with Gasteiger partial charge in [0.2, 0.25) is 5.91 Å². The van der Waals surface area contributed by atoms with Gasteiger partial charge in [0, 0.05) is 18.2 Å². The molecular weight excluding hydrogens is 454 g/mol. The van der Waals surface area contributed by atoms with E-state index in [0.29, 0.717) is 30.1 Å². The highest BCUT2D eigenvalue weighted by molar-refractivity contribution is 7.99. The second-order valence-electron chi connectivity index (χ2n) is 7.20. The first-order valence-corrected chi connectivity index (χ1v) is 12.5. The van der Waals surface area contributed by atoms with E-state index in [9.17, 15) is 4.79 Å². The van der Waals surface area contributed by atoms with E-state index in [-0.39, 0.29) is 11.7 Å². The van der Waals surface area contributed by atoms with Crippen molar-refractivity contribution >= 4 is 55.7 Å². The van der Waals surface area contributed by atoms with Crippen LogP contribution in [0.2, 0.25) is 0 Å². The fraction of sp³-hybridized carbons (Fsp3) is 0.300. The molecule has 31 heavy (non-hydrogen) atoms. The number of rotatable bonds is 6. The van der Waals surface area contributed by atoms with Crippen molar-refractivity contribution in [3.05, 3.63) is 29.6 Å². The maximum atomic E-state index is 12.6. The van der Waals surface area contributed by atoms with Crippen molar-refractivity contribution < 1.29 is 14.3 Å². The van der Waals surface area contributed by atoms with Crippen LogP contribution >= 0.6 is 34.4 Å². The van der Waals surface area contributed by atoms with E-state index in [1.807, 2.05) is 23.6 Å². The van der Waals surface area contributed by atoms with E-state index in [1.54, 1.807) is 11.3 Å². The van der Waals surface area contributed by atoms with E-state index in [1.165, 1.54) is 23.1 Å². The number of nitrogens with one attached hydrogen (secondary N) is 1. The number of thiophene rings is 1. The molecule has 4 heterocycles. The topological polar surface area (TPSA) is 91.2 Å². The zero-order chi connectivity index (χ0) is 20.8. The van der Waals surface area contributed by atoms with Crippen LogP contribution in [0.5, 0.6) is 11.5 Å². The standard InChI is InChI=1S/C20H17N5O3S3/c26-17(22-19-21-12-8-13-14(9-16(12)31-19)28-6-5-27-13)10-30-20-24-23-18(15-2-1-7-29-15)25(20)11-3-4-11/h1-2,7-9,11H,3-6,10H2,(H,21,22,26). The maximum Gasteiger partial charge on any atom is 0.236 e. The van der Waals surface area contributed by atoms with Crippen LogP contribution in [0.1, 0.15) is 18.9 Å². The summed E-state index contributed by atoms with van der Waals surface area (Å²) in [4.78, 5) is 18.2. The van der Waals surface area contributed by atoms with Gasteiger partial charge in [-0.3, -0.25) is 9.36 Å². The smallest absolute Gasteiger partial charge is 0.236 e. The van der Waals surface area contributed by atoms with Crippen LogP contribution in [0.3, 0.4) is 0 Å². The van der Waals surface area contributed by atoms with Gasteiger partial charge in [-0.1, -0.05) is 29.2 Å². The lowest BCUT2D eigenvalue weighted by molar-refractivity contribution is -0.113. The van der Waals surface area contributed by atoms with Crippen LogP contribution in [-0.4, -0.2) is 44.6 Å². The third-order valence-corrected chi connectivity index (χ3v) is 7.69. The molecule has 0 unspecified atom stereocenters. The molecule has 4 aromatic rings. The van der Waals surface area contributed by atoms with E-state index in [4.69, 9.17) is 9.47 Å². The number of nitrogens with zero attached hydrogens (tertiary/aromatic N) is 4. The van der Waals surface area contributed by atoms with E-state index in [2.05, 4.69) is 31.1 Å². The number of anilines is 1. The molecule has 0 atom stereocenters. The lowest BCUT2D eigenvalue weighted by atomic mass is 10.3. The number of carbonyl (C=O) groups is 1. The van der Waals surface area contributed by atoms with Crippen LogP contribution in [-0.2, 0) is 4.79 Å². The third-order valence-electron chi connectivity index (χ3n) is 4.95. The lowest BCUT2D eigenvalue weighted by Gasteiger charge is -2.17. The van der Waals surface area contributed by atoms with Crippen molar-refractivity contribution in [2.45, 2.75) is 24.0 Å². The highest BCUT2D eigenvalue weighted by atomic mass is 32.2. The quantitative estimate of drug-likeness (QED) is 0.415. The van der Waals surface area contributed by atoms with E-state index >= 15 is 0 Å². The Morgan fingerprint density at radius 2 is 2.06 bits per heavy atom. The van der Waals surface area contributed by atoms with E-state index < -0.39 is 0 Å². The Bertz CT molecular complexity index is 1220. The molecule has 1 fully saturated rings. The zero-order valence-corrected chi connectivity index (χ0v) is 18.7. The molecule has 1 aromatic carbocycles. The molecule has 3 aromatic heterocycles. The van der Waals surface area contributed by atoms with Crippen molar-refractivity contribution in [2.75, 3.05) is 24.3 Å². The summed E-state index contributed by atoms with van der Waals surface area (Å²) in [5.74, 6) is 2.42. The van der Waals surface area contributed by atoms with Gasteiger partial charge >= 0.3 is 0 Å². The van der Waals surface area contributed by atoms with E-state index in [0.717, 1.165) is 44.7 Å². The van der Waals surface area contributed by atoms with Crippen LogP contribution in [0.4, 0.5) is 5.13 Å². The minimum atomic E-state index is -0.121. The van der Waals surface area contributed by atoms with Gasteiger partial charge in [-0.05, 0) is 24.3 Å². The summed E-state index contributed by atoms with van der Waals surface area (Å²) >= 11 is 4.48. The molecule has 0 saturated heterocycles. The molecule has 0 radical (unpaired) electrons. The molecule has 1 amide bonds. The SMILES string of the molecule is O=C(CSc1nnc(-c2cccs2)n1C1CC1)Nc1nc2cc3c(cc2s1)OCCO3. The van der Waals surface area contributed by atoms with Crippen LogP contribution in [0, 0.1) is 0 Å². The van der Waals surface area contributed by atoms with Crippen LogP contribution in [0.15, 0.2) is 34.8 Å². The summed E-state index contributed by atoms with van der Waals surface area (Å²) in [6.45, 7) is 1.07. The summed E-state index contributed by atoms with van der Waals surface area (Å²) in [7, 11) is 0. The Morgan fingerprint density at radius 3 is 2.84 bits per heavy atom. The first-order valence-electron chi connectivity index (χ1n) is 9.86. The predicted octanol–water partition coefficient (Wildman–Crippen LogP) is 4.45.